The van der Waals surface area contributed by atoms with Gasteiger partial charge in [0.05, 0.1) is 11.4 Å². The third kappa shape index (κ3) is 5.09. The van der Waals surface area contributed by atoms with Gasteiger partial charge in [-0.1, -0.05) is 152 Å². The molecule has 0 radical (unpaired) electrons. The highest BCUT2D eigenvalue weighted by molar-refractivity contribution is 6.13. The zero-order valence-corrected chi connectivity index (χ0v) is 26.5. The monoisotopic (exact) mass is 612 g/mol. The van der Waals surface area contributed by atoms with Crippen LogP contribution in [0, 0.1) is 0 Å². The van der Waals surface area contributed by atoms with Crippen LogP contribution >= 0.6 is 0 Å². The van der Waals surface area contributed by atoms with Crippen LogP contribution in [-0.4, -0.2) is 9.97 Å². The van der Waals surface area contributed by atoms with Crippen LogP contribution in [0.15, 0.2) is 170 Å². The van der Waals surface area contributed by atoms with E-state index in [-0.39, 0.29) is 0 Å². The van der Waals surface area contributed by atoms with Crippen LogP contribution in [0.3, 0.4) is 0 Å². The van der Waals surface area contributed by atoms with Gasteiger partial charge in [0, 0.05) is 16.7 Å². The Morgan fingerprint density at radius 2 is 1.04 bits per heavy atom. The van der Waals surface area contributed by atoms with Crippen molar-refractivity contribution in [2.24, 2.45) is 0 Å². The second-order valence-corrected chi connectivity index (χ2v) is 12.5. The summed E-state index contributed by atoms with van der Waals surface area (Å²) in [5.41, 5.74) is 9.88. The molecule has 7 aromatic carbocycles. The van der Waals surface area contributed by atoms with Crippen molar-refractivity contribution >= 4 is 37.9 Å². The number of rotatable bonds is 5. The van der Waals surface area contributed by atoms with E-state index in [9.17, 15) is 0 Å². The molecule has 0 bridgehead atoms. The first kappa shape index (κ1) is 28.1. The molecule has 9 rings (SSSR count). The smallest absolute Gasteiger partial charge is 0.161 e. The molecule has 0 N–H and O–H groups in total. The fourth-order valence-corrected chi connectivity index (χ4v) is 7.09. The molecule has 0 saturated heterocycles. The van der Waals surface area contributed by atoms with Crippen LogP contribution in [-0.2, 0) is 0 Å². The van der Waals surface area contributed by atoms with Gasteiger partial charge >= 0.3 is 0 Å². The Morgan fingerprint density at radius 3 is 1.85 bits per heavy atom. The summed E-state index contributed by atoms with van der Waals surface area (Å²) in [6.45, 7) is 0. The second kappa shape index (κ2) is 11.9. The third-order valence-electron chi connectivity index (χ3n) is 9.50. The summed E-state index contributed by atoms with van der Waals surface area (Å²) < 4.78 is 0. The van der Waals surface area contributed by atoms with Crippen LogP contribution in [0.25, 0.3) is 82.9 Å². The highest BCUT2D eigenvalue weighted by atomic mass is 14.9. The number of hydrogen-bond acceptors (Lipinski definition) is 2. The number of nitrogens with zero attached hydrogens (tertiary/aromatic N) is 2. The molecule has 0 aliphatic heterocycles. The predicted octanol–water partition coefficient (Wildman–Crippen LogP) is 12.3. The molecule has 1 heterocycles. The van der Waals surface area contributed by atoms with Crippen LogP contribution in [0.4, 0.5) is 0 Å². The van der Waals surface area contributed by atoms with Crippen LogP contribution < -0.4 is 0 Å². The van der Waals surface area contributed by atoms with Gasteiger partial charge in [0.15, 0.2) is 5.82 Å². The summed E-state index contributed by atoms with van der Waals surface area (Å²) >= 11 is 0. The minimum absolute atomic E-state index is 0.727. The van der Waals surface area contributed by atoms with E-state index in [1.807, 2.05) is 0 Å². The van der Waals surface area contributed by atoms with E-state index >= 15 is 0 Å². The van der Waals surface area contributed by atoms with E-state index in [2.05, 4.69) is 170 Å². The molecule has 1 aliphatic rings. The first-order chi connectivity index (χ1) is 23.8. The maximum atomic E-state index is 5.29. The maximum absolute atomic E-state index is 5.29. The molecule has 2 nitrogen and oxygen atoms in total. The van der Waals surface area contributed by atoms with Crippen molar-refractivity contribution in [3.63, 3.8) is 0 Å². The summed E-state index contributed by atoms with van der Waals surface area (Å²) in [6, 6.07) is 54.2. The molecule has 2 heteroatoms. The Bertz CT molecular complexity index is 2550. The van der Waals surface area contributed by atoms with Crippen molar-refractivity contribution in [2.45, 2.75) is 12.8 Å². The second-order valence-electron chi connectivity index (χ2n) is 12.5. The Kier molecular flexibility index (Phi) is 6.98. The van der Waals surface area contributed by atoms with Gasteiger partial charge in [-0.25, -0.2) is 9.97 Å². The standard InChI is InChI=1S/C46H32N2/c1-2-12-31(13-3-1)35-17-10-18-37(28-35)45-30-44(34-26-24-33(25-27-34)39-23-11-16-32-14-4-6-19-38(32)39)47-46(48-45)43-29-36-15-5-7-20-40(36)41-21-8-9-22-42(41)43/h2,4-30H,1,3H2. The molecule has 0 fully saturated rings. The average Bonchev–Trinajstić information content (AvgIpc) is 3.17. The lowest BCUT2D eigenvalue weighted by Crippen LogP contribution is -1.97. The summed E-state index contributed by atoms with van der Waals surface area (Å²) in [4.78, 5) is 10.6. The highest BCUT2D eigenvalue weighted by Crippen LogP contribution is 2.37. The molecule has 0 amide bonds. The topological polar surface area (TPSA) is 25.8 Å². The predicted molar refractivity (Wildman–Crippen MR) is 203 cm³/mol. The molecule has 48 heavy (non-hydrogen) atoms. The van der Waals surface area contributed by atoms with Crippen LogP contribution in [0.2, 0.25) is 0 Å². The van der Waals surface area contributed by atoms with Gasteiger partial charge < -0.3 is 0 Å². The summed E-state index contributed by atoms with van der Waals surface area (Å²) in [7, 11) is 0. The average molecular weight is 613 g/mol. The largest absolute Gasteiger partial charge is 0.228 e. The Morgan fingerprint density at radius 1 is 0.396 bits per heavy atom. The minimum atomic E-state index is 0.727. The minimum Gasteiger partial charge on any atom is -0.228 e. The van der Waals surface area contributed by atoms with Gasteiger partial charge in [-0.3, -0.25) is 0 Å². The Balaban J connectivity index is 1.22. The Hall–Kier alpha value is -6.12. The van der Waals surface area contributed by atoms with Gasteiger partial charge in [0.25, 0.3) is 0 Å². The molecular formula is C46H32N2. The lowest BCUT2D eigenvalue weighted by Gasteiger charge is -2.14. The number of benzene rings is 7. The molecule has 0 unspecified atom stereocenters. The van der Waals surface area contributed by atoms with E-state index in [0.29, 0.717) is 0 Å². The molecule has 0 saturated carbocycles. The van der Waals surface area contributed by atoms with Crippen molar-refractivity contribution in [3.8, 4) is 45.0 Å². The molecule has 8 aromatic rings. The van der Waals surface area contributed by atoms with Crippen molar-refractivity contribution in [1.29, 1.82) is 0 Å². The van der Waals surface area contributed by atoms with Gasteiger partial charge in [-0.2, -0.15) is 0 Å². The lowest BCUT2D eigenvalue weighted by atomic mass is 9.95. The maximum Gasteiger partial charge on any atom is 0.161 e. The van der Waals surface area contributed by atoms with Gasteiger partial charge in [-0.15, -0.1) is 0 Å². The fourth-order valence-electron chi connectivity index (χ4n) is 7.09. The quantitative estimate of drug-likeness (QED) is 0.181. The zero-order chi connectivity index (χ0) is 31.9. The zero-order valence-electron chi connectivity index (χ0n) is 26.5. The molecule has 0 atom stereocenters. The van der Waals surface area contributed by atoms with Crippen LogP contribution in [0.5, 0.6) is 0 Å². The van der Waals surface area contributed by atoms with Crippen LogP contribution in [0.1, 0.15) is 18.4 Å². The van der Waals surface area contributed by atoms with E-state index in [4.69, 9.17) is 9.97 Å². The molecular weight excluding hydrogens is 581 g/mol. The van der Waals surface area contributed by atoms with E-state index in [0.717, 1.165) is 52.1 Å². The normalized spacial score (nSPS) is 12.9. The van der Waals surface area contributed by atoms with Crippen molar-refractivity contribution in [3.05, 3.63) is 175 Å². The number of fused-ring (bicyclic) bond motifs is 4. The SMILES string of the molecule is C1=CC(c2cccc(-c3cc(-c4ccc(-c5cccc6ccccc56)cc4)nc(-c4cc5ccccc5c5ccccc45)n3)c2)=CCC1. The van der Waals surface area contributed by atoms with Crippen molar-refractivity contribution < 1.29 is 0 Å². The molecule has 1 aromatic heterocycles. The third-order valence-corrected chi connectivity index (χ3v) is 9.50. The summed E-state index contributed by atoms with van der Waals surface area (Å²) in [5, 5.41) is 7.27. The molecule has 1 aliphatic carbocycles. The fraction of sp³-hybridized carbons (Fsp3) is 0.0435. The first-order valence-corrected chi connectivity index (χ1v) is 16.6. The number of allylic oxidation sites excluding steroid dienone is 4. The van der Waals surface area contributed by atoms with E-state index in [1.54, 1.807) is 0 Å². The summed E-state index contributed by atoms with van der Waals surface area (Å²) in [6.07, 6.45) is 8.99. The number of aromatic nitrogens is 2. The van der Waals surface area contributed by atoms with Gasteiger partial charge in [0.2, 0.25) is 0 Å². The highest BCUT2D eigenvalue weighted by Gasteiger charge is 2.16. The number of hydrogen-bond donors (Lipinski definition) is 0. The first-order valence-electron chi connectivity index (χ1n) is 16.6. The van der Waals surface area contributed by atoms with Crippen molar-refractivity contribution in [2.75, 3.05) is 0 Å². The van der Waals surface area contributed by atoms with Gasteiger partial charge in [-0.05, 0) is 85.6 Å². The van der Waals surface area contributed by atoms with E-state index < -0.39 is 0 Å². The van der Waals surface area contributed by atoms with Gasteiger partial charge in [0.1, 0.15) is 0 Å². The lowest BCUT2D eigenvalue weighted by molar-refractivity contribution is 1.04. The molecule has 0 spiro atoms. The summed E-state index contributed by atoms with van der Waals surface area (Å²) in [5.74, 6) is 0.727. The Labute approximate surface area is 280 Å². The molecule has 226 valence electrons. The van der Waals surface area contributed by atoms with Crippen molar-refractivity contribution in [1.82, 2.24) is 9.97 Å². The van der Waals surface area contributed by atoms with E-state index in [1.165, 1.54) is 49.2 Å².